The van der Waals surface area contributed by atoms with Crippen molar-refractivity contribution in [3.05, 3.63) is 107 Å². The van der Waals surface area contributed by atoms with Crippen LogP contribution in [0.5, 0.6) is 5.75 Å². The molecule has 4 nitrogen and oxygen atoms in total. The summed E-state index contributed by atoms with van der Waals surface area (Å²) in [5.41, 5.74) is 1.50. The Morgan fingerprint density at radius 1 is 0.541 bits per heavy atom. The van der Waals surface area contributed by atoms with E-state index in [1.165, 1.54) is 0 Å². The fourth-order valence-electron chi connectivity index (χ4n) is 4.50. The highest BCUT2D eigenvalue weighted by Crippen LogP contribution is 2.26. The lowest BCUT2D eigenvalue weighted by atomic mass is 10.2. The number of rotatable bonds is 8. The zero-order chi connectivity index (χ0) is 26.7. The van der Waals surface area contributed by atoms with Crippen LogP contribution in [0.15, 0.2) is 90.7 Å². The number of halogens is 4. The second-order valence-corrected chi connectivity index (χ2v) is 15.4. The first-order valence-corrected chi connectivity index (χ1v) is 16.1. The molecule has 0 N–H and O–H groups in total. The van der Waals surface area contributed by atoms with E-state index in [1.807, 2.05) is 72.8 Å². The predicted octanol–water partition coefficient (Wildman–Crippen LogP) is 5.56. The van der Waals surface area contributed by atoms with Gasteiger partial charge in [-0.05, 0) is 67.0 Å². The zero-order valence-electron chi connectivity index (χ0n) is 19.3. The maximum absolute atomic E-state index is 12.0. The third-order valence-corrected chi connectivity index (χ3v) is 13.8. The van der Waals surface area contributed by atoms with Crippen LogP contribution in [-0.2, 0) is 0 Å². The van der Waals surface area contributed by atoms with Crippen molar-refractivity contribution in [1.82, 2.24) is 0 Å². The number of carbonyl (C=O) groups excluding carboxylic acids is 3. The van der Waals surface area contributed by atoms with Crippen LogP contribution in [-0.4, -0.2) is 34.0 Å². The largest absolute Gasteiger partial charge is 0.496 e. The molecule has 0 aromatic heterocycles. The fourth-order valence-corrected chi connectivity index (χ4v) is 10.7. The van der Waals surface area contributed by atoms with Gasteiger partial charge in [0.25, 0.3) is 0 Å². The predicted molar refractivity (Wildman–Crippen MR) is 164 cm³/mol. The summed E-state index contributed by atoms with van der Waals surface area (Å²) in [4.78, 5) is 36.0. The van der Waals surface area contributed by atoms with Crippen molar-refractivity contribution in [2.24, 2.45) is 0 Å². The topological polar surface area (TPSA) is 60.4 Å². The van der Waals surface area contributed by atoms with E-state index in [2.05, 4.69) is 63.7 Å². The molecule has 0 aliphatic heterocycles. The molecule has 0 aliphatic rings. The van der Waals surface area contributed by atoms with Gasteiger partial charge in [0.2, 0.25) is 0 Å². The number of carbonyl (C=O) groups is 3. The average molecular weight is 766 g/mol. The lowest BCUT2D eigenvalue weighted by molar-refractivity contribution is 0.111. The van der Waals surface area contributed by atoms with Crippen LogP contribution in [0.2, 0.25) is 0 Å². The first kappa shape index (κ1) is 27.9. The summed E-state index contributed by atoms with van der Waals surface area (Å²) >= 11 is 14.0. The molecule has 0 fully saturated rings. The monoisotopic (exact) mass is 762 g/mol. The van der Waals surface area contributed by atoms with Gasteiger partial charge in [0, 0.05) is 30.1 Å². The highest BCUT2D eigenvalue weighted by atomic mass is 79.9. The fraction of sp³-hybridized carbons (Fsp3) is 0.0357. The maximum atomic E-state index is 12.0. The molecule has 4 aromatic rings. The second kappa shape index (κ2) is 11.7. The molecule has 0 heterocycles. The zero-order valence-corrected chi connectivity index (χ0v) is 26.6. The maximum Gasteiger partial charge on any atom is 0.179 e. The van der Waals surface area contributed by atoms with Gasteiger partial charge >= 0.3 is 0 Å². The summed E-state index contributed by atoms with van der Waals surface area (Å²) in [7, 11) is -1.62. The molecule has 0 saturated heterocycles. The van der Waals surface area contributed by atoms with Gasteiger partial charge in [0.05, 0.1) is 11.6 Å². The van der Waals surface area contributed by atoms with Gasteiger partial charge in [-0.3, -0.25) is 14.4 Å². The van der Waals surface area contributed by atoms with E-state index in [0.29, 0.717) is 35.9 Å². The van der Waals surface area contributed by atoms with Crippen LogP contribution in [0.25, 0.3) is 0 Å². The lowest BCUT2D eigenvalue weighted by Crippen LogP contribution is -2.75. The Bertz CT molecular complexity index is 1400. The van der Waals surface area contributed by atoms with Crippen molar-refractivity contribution in [3.8, 4) is 5.75 Å². The van der Waals surface area contributed by atoms with Gasteiger partial charge in [-0.1, -0.05) is 90.3 Å². The number of hydrogen-bond acceptors (Lipinski definition) is 4. The molecule has 4 aromatic carbocycles. The van der Waals surface area contributed by atoms with E-state index in [4.69, 9.17) is 4.74 Å². The van der Waals surface area contributed by atoms with Crippen molar-refractivity contribution >= 4 is 111 Å². The van der Waals surface area contributed by atoms with Gasteiger partial charge in [0.1, 0.15) is 5.75 Å². The molecule has 0 saturated carbocycles. The van der Waals surface area contributed by atoms with Gasteiger partial charge in [0.15, 0.2) is 26.9 Å². The minimum Gasteiger partial charge on any atom is -0.496 e. The molecule has 0 radical (unpaired) electrons. The van der Waals surface area contributed by atoms with Crippen LogP contribution in [0.3, 0.4) is 0 Å². The summed E-state index contributed by atoms with van der Waals surface area (Å²) in [6.07, 6.45) is 2.43. The summed E-state index contributed by atoms with van der Waals surface area (Å²) in [5, 5.41) is 3.66. The SMILES string of the molecule is COc1cc([Si](c2ccc(Br)c(C=O)c2)(c2ccc(Br)c(C=O)c2)c2ccc(Br)c(C=O)c2)ccc1Br. The molecule has 186 valence electrons. The molecule has 0 atom stereocenters. The van der Waals surface area contributed by atoms with E-state index in [9.17, 15) is 14.4 Å². The minimum absolute atomic E-state index is 0.499. The van der Waals surface area contributed by atoms with Crippen LogP contribution in [0.1, 0.15) is 31.1 Å². The number of methoxy groups -OCH3 is 1. The van der Waals surface area contributed by atoms with E-state index < -0.39 is 8.07 Å². The number of hydrogen-bond donors (Lipinski definition) is 0. The molecule has 0 spiro atoms. The quantitative estimate of drug-likeness (QED) is 0.134. The molecule has 0 aliphatic carbocycles. The lowest BCUT2D eigenvalue weighted by Gasteiger charge is -2.35. The first-order valence-electron chi connectivity index (χ1n) is 10.9. The van der Waals surface area contributed by atoms with Crippen LogP contribution < -0.4 is 25.5 Å². The number of ether oxygens (including phenoxy) is 1. The Morgan fingerprint density at radius 3 is 1.19 bits per heavy atom. The molecule has 0 amide bonds. The van der Waals surface area contributed by atoms with Gasteiger partial charge in [-0.25, -0.2) is 0 Å². The third-order valence-electron chi connectivity index (χ3n) is 6.25. The number of benzene rings is 4. The Morgan fingerprint density at radius 2 is 0.865 bits per heavy atom. The van der Waals surface area contributed by atoms with Crippen molar-refractivity contribution in [3.63, 3.8) is 0 Å². The van der Waals surface area contributed by atoms with Gasteiger partial charge in [-0.2, -0.15) is 0 Å². The standard InChI is InChI=1S/C28H18Br4O4Si/c1-36-28-13-23(5-9-27(28)32)37(20-2-6-24(29)17(10-20)14-33,21-3-7-25(30)18(11-21)15-34)22-4-8-26(31)19(12-22)16-35/h2-16H,1H3. The molecular formula is C28H18Br4O4Si. The Balaban J connectivity index is 2.26. The first-order chi connectivity index (χ1) is 17.8. The van der Waals surface area contributed by atoms with E-state index in [0.717, 1.165) is 44.1 Å². The second-order valence-electron chi connectivity index (χ2n) is 8.16. The molecular weight excluding hydrogens is 748 g/mol. The Labute approximate surface area is 249 Å². The summed E-state index contributed by atoms with van der Waals surface area (Å²) in [6.45, 7) is 0. The van der Waals surface area contributed by atoms with Crippen molar-refractivity contribution < 1.29 is 19.1 Å². The van der Waals surface area contributed by atoms with Crippen molar-refractivity contribution in [1.29, 1.82) is 0 Å². The highest BCUT2D eigenvalue weighted by molar-refractivity contribution is 9.11. The summed E-state index contributed by atoms with van der Waals surface area (Å²) in [6, 6.07) is 23.1. The smallest absolute Gasteiger partial charge is 0.179 e. The van der Waals surface area contributed by atoms with E-state index in [-0.39, 0.29) is 0 Å². The van der Waals surface area contributed by atoms with Crippen LogP contribution in [0, 0.1) is 0 Å². The summed E-state index contributed by atoms with van der Waals surface area (Å²) < 4.78 is 8.49. The minimum atomic E-state index is -3.22. The van der Waals surface area contributed by atoms with Gasteiger partial charge in [-0.15, -0.1) is 0 Å². The van der Waals surface area contributed by atoms with Crippen LogP contribution >= 0.6 is 63.7 Å². The molecule has 0 unspecified atom stereocenters. The molecule has 4 rings (SSSR count). The normalized spacial score (nSPS) is 11.2. The molecule has 0 bridgehead atoms. The van der Waals surface area contributed by atoms with Crippen molar-refractivity contribution in [2.45, 2.75) is 0 Å². The van der Waals surface area contributed by atoms with E-state index in [1.54, 1.807) is 7.11 Å². The molecule has 37 heavy (non-hydrogen) atoms. The number of aldehydes is 3. The molecule has 9 heteroatoms. The highest BCUT2D eigenvalue weighted by Gasteiger charge is 2.43. The van der Waals surface area contributed by atoms with Gasteiger partial charge < -0.3 is 4.74 Å². The Hall–Kier alpha value is -2.17. The Kier molecular flexibility index (Phi) is 8.80. The third kappa shape index (κ3) is 5.12. The summed E-state index contributed by atoms with van der Waals surface area (Å²) in [5.74, 6) is 0.641. The van der Waals surface area contributed by atoms with Crippen molar-refractivity contribution in [2.75, 3.05) is 7.11 Å². The van der Waals surface area contributed by atoms with Crippen LogP contribution in [0.4, 0.5) is 0 Å². The van der Waals surface area contributed by atoms with E-state index >= 15 is 0 Å². The average Bonchev–Trinajstić information content (AvgIpc) is 2.92.